The number of hydrogen-bond acceptors (Lipinski definition) is 3. The highest BCUT2D eigenvalue weighted by atomic mass is 16.6. The Morgan fingerprint density at radius 1 is 1.10 bits per heavy atom. The van der Waals surface area contributed by atoms with Gasteiger partial charge in [0, 0.05) is 0 Å². The molecule has 0 saturated heterocycles. The fourth-order valence-corrected chi connectivity index (χ4v) is 2.01. The molecule has 0 aliphatic carbocycles. The summed E-state index contributed by atoms with van der Waals surface area (Å²) in [7, 11) is 0. The first-order valence-corrected chi connectivity index (χ1v) is 6.35. The molecule has 108 valence electrons. The molecule has 2 rings (SSSR count). The van der Waals surface area contributed by atoms with Crippen molar-refractivity contribution < 1.29 is 19.4 Å². The van der Waals surface area contributed by atoms with Crippen molar-refractivity contribution in [3.63, 3.8) is 0 Å². The van der Waals surface area contributed by atoms with Crippen LogP contribution in [0.25, 0.3) is 0 Å². The average molecular weight is 278 g/mol. The minimum atomic E-state index is -1.18. The molecule has 0 spiro atoms. The summed E-state index contributed by atoms with van der Waals surface area (Å²) >= 11 is 0. The minimum Gasteiger partial charge on any atom is -0.464 e. The van der Waals surface area contributed by atoms with E-state index in [1.165, 1.54) is 0 Å². The summed E-state index contributed by atoms with van der Waals surface area (Å²) in [5, 5.41) is 11.4. The predicted molar refractivity (Wildman–Crippen MR) is 71.8 cm³/mol. The van der Waals surface area contributed by atoms with Gasteiger partial charge in [0.25, 0.3) is 0 Å². The molecule has 1 N–H and O–H groups in total. The van der Waals surface area contributed by atoms with Crippen LogP contribution in [0, 0.1) is 0 Å². The van der Waals surface area contributed by atoms with E-state index < -0.39 is 17.8 Å². The number of carboxylic acid groups (broad SMARTS) is 1. The number of rotatable bonds is 0. The molecule has 0 aromatic heterocycles. The maximum Gasteiger partial charge on any atom is 0.429 e. The van der Waals surface area contributed by atoms with E-state index in [4.69, 9.17) is 4.74 Å². The molecular weight excluding hydrogens is 260 g/mol. The lowest BCUT2D eigenvalue weighted by atomic mass is 10.1. The molecule has 0 unspecified atom stereocenters. The number of ether oxygens (including phenoxy) is 1. The number of hydrogen-bond donors (Lipinski definition) is 1. The fourth-order valence-electron chi connectivity index (χ4n) is 2.01. The Labute approximate surface area is 117 Å². The van der Waals surface area contributed by atoms with Crippen molar-refractivity contribution in [1.29, 1.82) is 0 Å². The van der Waals surface area contributed by atoms with Crippen LogP contribution in [0.4, 0.5) is 9.59 Å². The molecule has 0 fully saturated rings. The third-order valence-corrected chi connectivity index (χ3v) is 2.88. The molecule has 6 heteroatoms. The Balaban J connectivity index is 2.27. The van der Waals surface area contributed by atoms with Gasteiger partial charge in [-0.3, -0.25) is 0 Å². The lowest BCUT2D eigenvalue weighted by Gasteiger charge is -2.38. The zero-order valence-corrected chi connectivity index (χ0v) is 11.8. The lowest BCUT2D eigenvalue weighted by molar-refractivity contribution is -0.0543. The molecule has 1 aliphatic rings. The quantitative estimate of drug-likeness (QED) is 0.792. The van der Waals surface area contributed by atoms with Crippen molar-refractivity contribution in [3.8, 4) is 0 Å². The molecule has 20 heavy (non-hydrogen) atoms. The third-order valence-electron chi connectivity index (χ3n) is 2.88. The SMILES string of the molecule is CC(C)(C)OC(=O)N1Cc2ccccc2CN1C(=O)O. The number of fused-ring (bicyclic) bond motifs is 1. The molecule has 2 amide bonds. The van der Waals surface area contributed by atoms with Gasteiger partial charge in [-0.15, -0.1) is 0 Å². The van der Waals surface area contributed by atoms with Crippen LogP contribution in [-0.2, 0) is 17.8 Å². The topological polar surface area (TPSA) is 70.1 Å². The Kier molecular flexibility index (Phi) is 3.57. The van der Waals surface area contributed by atoms with Crippen LogP contribution in [0.5, 0.6) is 0 Å². The van der Waals surface area contributed by atoms with Gasteiger partial charge in [0.05, 0.1) is 13.1 Å². The minimum absolute atomic E-state index is 0.144. The zero-order valence-electron chi connectivity index (χ0n) is 11.8. The van der Waals surface area contributed by atoms with E-state index in [0.29, 0.717) is 0 Å². The van der Waals surface area contributed by atoms with Crippen LogP contribution in [0.2, 0.25) is 0 Å². The standard InChI is InChI=1S/C14H18N2O4/c1-14(2,3)20-13(19)16-9-11-7-5-4-6-10(11)8-15(16)12(17)18/h4-7H,8-9H2,1-3H3,(H,17,18). The monoisotopic (exact) mass is 278 g/mol. The maximum atomic E-state index is 12.1. The van der Waals surface area contributed by atoms with Gasteiger partial charge >= 0.3 is 12.2 Å². The number of amides is 2. The van der Waals surface area contributed by atoms with Gasteiger partial charge < -0.3 is 9.84 Å². The Bertz CT molecular complexity index is 536. The number of benzene rings is 1. The van der Waals surface area contributed by atoms with E-state index in [1.54, 1.807) is 20.8 Å². The Morgan fingerprint density at radius 3 is 2.05 bits per heavy atom. The fraction of sp³-hybridized carbons (Fsp3) is 0.429. The summed E-state index contributed by atoms with van der Waals surface area (Å²) in [5.41, 5.74) is 1.16. The van der Waals surface area contributed by atoms with Crippen molar-refractivity contribution in [2.24, 2.45) is 0 Å². The van der Waals surface area contributed by atoms with Crippen molar-refractivity contribution in [2.45, 2.75) is 39.5 Å². The van der Waals surface area contributed by atoms with Crippen molar-refractivity contribution in [2.75, 3.05) is 0 Å². The van der Waals surface area contributed by atoms with Gasteiger partial charge in [-0.2, -0.15) is 0 Å². The molecule has 0 atom stereocenters. The first-order valence-electron chi connectivity index (χ1n) is 6.35. The Morgan fingerprint density at radius 2 is 1.60 bits per heavy atom. The molecule has 6 nitrogen and oxygen atoms in total. The highest BCUT2D eigenvalue weighted by Gasteiger charge is 2.34. The van der Waals surface area contributed by atoms with Gasteiger partial charge in [-0.05, 0) is 31.9 Å². The molecule has 0 radical (unpaired) electrons. The molecule has 0 bridgehead atoms. The zero-order chi connectivity index (χ0) is 14.9. The van der Waals surface area contributed by atoms with Crippen molar-refractivity contribution in [3.05, 3.63) is 35.4 Å². The summed E-state index contributed by atoms with van der Waals surface area (Å²) in [6.45, 7) is 5.57. The third kappa shape index (κ3) is 3.01. The van der Waals surface area contributed by atoms with Crippen LogP contribution < -0.4 is 0 Å². The van der Waals surface area contributed by atoms with E-state index in [-0.39, 0.29) is 13.1 Å². The van der Waals surface area contributed by atoms with Crippen LogP contribution >= 0.6 is 0 Å². The molecular formula is C14H18N2O4. The number of carbonyl (C=O) groups excluding carboxylic acids is 1. The van der Waals surface area contributed by atoms with Gasteiger partial charge in [-0.25, -0.2) is 19.6 Å². The molecule has 1 heterocycles. The number of nitrogens with zero attached hydrogens (tertiary/aromatic N) is 2. The normalized spacial score (nSPS) is 14.8. The maximum absolute atomic E-state index is 12.1. The van der Waals surface area contributed by atoms with E-state index in [1.807, 2.05) is 24.3 Å². The Hall–Kier alpha value is -2.24. The summed E-state index contributed by atoms with van der Waals surface area (Å²) in [5.74, 6) is 0. The van der Waals surface area contributed by atoms with Crippen LogP contribution in [0.15, 0.2) is 24.3 Å². The predicted octanol–water partition coefficient (Wildman–Crippen LogP) is 2.83. The largest absolute Gasteiger partial charge is 0.464 e. The highest BCUT2D eigenvalue weighted by Crippen LogP contribution is 2.24. The first-order chi connectivity index (χ1) is 9.28. The van der Waals surface area contributed by atoms with Gasteiger partial charge in [0.2, 0.25) is 0 Å². The number of hydrazine groups is 1. The molecule has 0 saturated carbocycles. The van der Waals surface area contributed by atoms with E-state index in [0.717, 1.165) is 21.1 Å². The lowest BCUT2D eigenvalue weighted by Crippen LogP contribution is -2.52. The highest BCUT2D eigenvalue weighted by molar-refractivity contribution is 5.74. The summed E-state index contributed by atoms with van der Waals surface area (Å²) in [6.07, 6.45) is -1.83. The van der Waals surface area contributed by atoms with Crippen LogP contribution in [0.3, 0.4) is 0 Å². The van der Waals surface area contributed by atoms with Gasteiger partial charge in [0.15, 0.2) is 0 Å². The summed E-state index contributed by atoms with van der Waals surface area (Å²) in [4.78, 5) is 23.5. The summed E-state index contributed by atoms with van der Waals surface area (Å²) in [6, 6.07) is 7.45. The van der Waals surface area contributed by atoms with Gasteiger partial charge in [-0.1, -0.05) is 24.3 Å². The smallest absolute Gasteiger partial charge is 0.429 e. The molecule has 1 aromatic carbocycles. The molecule has 1 aromatic rings. The van der Waals surface area contributed by atoms with E-state index in [9.17, 15) is 14.7 Å². The van der Waals surface area contributed by atoms with Crippen LogP contribution in [0.1, 0.15) is 31.9 Å². The second kappa shape index (κ2) is 5.03. The molecule has 1 aliphatic heterocycles. The van der Waals surface area contributed by atoms with Crippen LogP contribution in [-0.4, -0.2) is 32.9 Å². The van der Waals surface area contributed by atoms with E-state index >= 15 is 0 Å². The average Bonchev–Trinajstić information content (AvgIpc) is 2.35. The summed E-state index contributed by atoms with van der Waals surface area (Å²) < 4.78 is 5.25. The second-order valence-electron chi connectivity index (χ2n) is 5.65. The second-order valence-corrected chi connectivity index (χ2v) is 5.65. The van der Waals surface area contributed by atoms with Crippen molar-refractivity contribution in [1.82, 2.24) is 10.0 Å². The first kappa shape index (κ1) is 14.2. The number of carbonyl (C=O) groups is 2. The van der Waals surface area contributed by atoms with Gasteiger partial charge in [0.1, 0.15) is 5.60 Å². The van der Waals surface area contributed by atoms with Crippen molar-refractivity contribution >= 4 is 12.2 Å². The van der Waals surface area contributed by atoms with E-state index in [2.05, 4.69) is 0 Å².